The van der Waals surface area contributed by atoms with Crippen LogP contribution in [0.1, 0.15) is 17.9 Å². The summed E-state index contributed by atoms with van der Waals surface area (Å²) in [5.74, 6) is 0.663. The summed E-state index contributed by atoms with van der Waals surface area (Å²) in [6, 6.07) is 6.53. The first-order valence-corrected chi connectivity index (χ1v) is 5.69. The number of benzene rings is 1. The van der Waals surface area contributed by atoms with Crippen LogP contribution in [0, 0.1) is 0 Å². The lowest BCUT2D eigenvalue weighted by molar-refractivity contribution is 0.764. The zero-order valence-corrected chi connectivity index (χ0v) is 9.14. The second-order valence-corrected chi connectivity index (χ2v) is 4.54. The number of fused-ring (bicyclic) bond motifs is 1. The lowest BCUT2D eigenvalue weighted by atomic mass is 9.98. The van der Waals surface area contributed by atoms with E-state index in [-0.39, 0.29) is 0 Å². The van der Waals surface area contributed by atoms with Gasteiger partial charge in [0.05, 0.1) is 5.02 Å². The molecule has 15 heavy (non-hydrogen) atoms. The summed E-state index contributed by atoms with van der Waals surface area (Å²) >= 11 is 6.04. The van der Waals surface area contributed by atoms with Gasteiger partial charge in [-0.3, -0.25) is 0 Å². The molecule has 3 heteroatoms. The highest BCUT2D eigenvalue weighted by Gasteiger charge is 2.16. The third-order valence-corrected chi connectivity index (χ3v) is 3.50. The van der Waals surface area contributed by atoms with Gasteiger partial charge in [-0.25, -0.2) is 0 Å². The van der Waals surface area contributed by atoms with Crippen LogP contribution in [-0.2, 0) is 0 Å². The molecule has 0 bridgehead atoms. The quantitative estimate of drug-likeness (QED) is 0.760. The summed E-state index contributed by atoms with van der Waals surface area (Å²) in [6.07, 6.45) is 3.09. The molecule has 2 heterocycles. The average molecular weight is 221 g/mol. The molecule has 1 aliphatic rings. The first-order valence-electron chi connectivity index (χ1n) is 5.32. The minimum atomic E-state index is 0.663. The van der Waals surface area contributed by atoms with Crippen LogP contribution in [0.2, 0.25) is 5.02 Å². The topological polar surface area (TPSA) is 27.8 Å². The van der Waals surface area contributed by atoms with E-state index in [1.54, 1.807) is 0 Å². The fourth-order valence-electron chi connectivity index (χ4n) is 2.30. The van der Waals surface area contributed by atoms with Gasteiger partial charge in [-0.1, -0.05) is 23.7 Å². The highest BCUT2D eigenvalue weighted by atomic mass is 35.5. The van der Waals surface area contributed by atoms with Gasteiger partial charge in [0.15, 0.2) is 0 Å². The van der Waals surface area contributed by atoms with Crippen LogP contribution in [0.15, 0.2) is 24.4 Å². The van der Waals surface area contributed by atoms with Crippen LogP contribution in [0.4, 0.5) is 0 Å². The lowest BCUT2D eigenvalue weighted by Gasteiger charge is -2.08. The van der Waals surface area contributed by atoms with Gasteiger partial charge < -0.3 is 10.3 Å². The zero-order chi connectivity index (χ0) is 10.3. The summed E-state index contributed by atoms with van der Waals surface area (Å²) in [6.45, 7) is 2.23. The van der Waals surface area contributed by atoms with Crippen molar-refractivity contribution >= 4 is 22.5 Å². The van der Waals surface area contributed by atoms with E-state index in [1.165, 1.54) is 12.0 Å². The Morgan fingerprint density at radius 2 is 2.27 bits per heavy atom. The summed E-state index contributed by atoms with van der Waals surface area (Å²) in [4.78, 5) is 3.20. The SMILES string of the molecule is Clc1c[nH]c2cc(C3CCNC3)ccc12. The van der Waals surface area contributed by atoms with Gasteiger partial charge in [-0.2, -0.15) is 0 Å². The molecule has 1 unspecified atom stereocenters. The van der Waals surface area contributed by atoms with Crippen molar-refractivity contribution in [1.29, 1.82) is 0 Å². The van der Waals surface area contributed by atoms with Gasteiger partial charge >= 0.3 is 0 Å². The molecular formula is C12H13ClN2. The molecule has 2 nitrogen and oxygen atoms in total. The van der Waals surface area contributed by atoms with E-state index >= 15 is 0 Å². The number of aromatic amines is 1. The highest BCUT2D eigenvalue weighted by molar-refractivity contribution is 6.35. The average Bonchev–Trinajstić information content (AvgIpc) is 2.88. The highest BCUT2D eigenvalue weighted by Crippen LogP contribution is 2.28. The van der Waals surface area contributed by atoms with Gasteiger partial charge in [0.2, 0.25) is 0 Å². The molecule has 1 aliphatic heterocycles. The first kappa shape index (κ1) is 9.25. The largest absolute Gasteiger partial charge is 0.360 e. The number of rotatable bonds is 1. The fraction of sp³-hybridized carbons (Fsp3) is 0.333. The summed E-state index contributed by atoms with van der Waals surface area (Å²) in [5.41, 5.74) is 2.55. The Balaban J connectivity index is 2.05. The molecule has 0 radical (unpaired) electrons. The third kappa shape index (κ3) is 1.54. The Labute approximate surface area is 93.6 Å². The first-order chi connectivity index (χ1) is 7.34. The second-order valence-electron chi connectivity index (χ2n) is 4.13. The molecule has 0 amide bonds. The number of hydrogen-bond donors (Lipinski definition) is 2. The van der Waals surface area contributed by atoms with Crippen LogP contribution >= 0.6 is 11.6 Å². The van der Waals surface area contributed by atoms with Crippen molar-refractivity contribution in [2.45, 2.75) is 12.3 Å². The molecule has 2 aromatic rings. The minimum absolute atomic E-state index is 0.663. The predicted molar refractivity (Wildman–Crippen MR) is 63.5 cm³/mol. The molecular weight excluding hydrogens is 208 g/mol. The Bertz CT molecular complexity index is 483. The van der Waals surface area contributed by atoms with E-state index in [0.717, 1.165) is 29.0 Å². The van der Waals surface area contributed by atoms with Gasteiger partial charge in [-0.05, 0) is 30.5 Å². The van der Waals surface area contributed by atoms with Crippen molar-refractivity contribution in [1.82, 2.24) is 10.3 Å². The van der Waals surface area contributed by atoms with Crippen molar-refractivity contribution < 1.29 is 0 Å². The third-order valence-electron chi connectivity index (χ3n) is 3.19. The molecule has 1 fully saturated rings. The Morgan fingerprint density at radius 1 is 1.33 bits per heavy atom. The van der Waals surface area contributed by atoms with Gasteiger partial charge in [-0.15, -0.1) is 0 Å². The van der Waals surface area contributed by atoms with Crippen molar-refractivity contribution in [2.75, 3.05) is 13.1 Å². The van der Waals surface area contributed by atoms with Crippen molar-refractivity contribution in [3.63, 3.8) is 0 Å². The summed E-state index contributed by atoms with van der Waals surface area (Å²) < 4.78 is 0. The van der Waals surface area contributed by atoms with Crippen molar-refractivity contribution in [2.24, 2.45) is 0 Å². The number of H-pyrrole nitrogens is 1. The van der Waals surface area contributed by atoms with E-state index in [0.29, 0.717) is 5.92 Å². The molecule has 0 spiro atoms. The minimum Gasteiger partial charge on any atom is -0.360 e. The monoisotopic (exact) mass is 220 g/mol. The molecule has 78 valence electrons. The second kappa shape index (κ2) is 3.54. The maximum atomic E-state index is 6.04. The molecule has 2 N–H and O–H groups in total. The Morgan fingerprint density at radius 3 is 3.07 bits per heavy atom. The Hall–Kier alpha value is -0.990. The van der Waals surface area contributed by atoms with E-state index in [1.807, 2.05) is 6.20 Å². The molecule has 1 saturated heterocycles. The normalized spacial score (nSPS) is 21.3. The van der Waals surface area contributed by atoms with Crippen LogP contribution in [0.3, 0.4) is 0 Å². The van der Waals surface area contributed by atoms with Crippen molar-refractivity contribution in [3.05, 3.63) is 35.0 Å². The molecule has 3 rings (SSSR count). The van der Waals surface area contributed by atoms with Crippen molar-refractivity contribution in [3.8, 4) is 0 Å². The van der Waals surface area contributed by atoms with Gasteiger partial charge in [0.1, 0.15) is 0 Å². The smallest absolute Gasteiger partial charge is 0.0659 e. The van der Waals surface area contributed by atoms with E-state index < -0.39 is 0 Å². The van der Waals surface area contributed by atoms with Gasteiger partial charge in [0.25, 0.3) is 0 Å². The van der Waals surface area contributed by atoms with E-state index in [4.69, 9.17) is 11.6 Å². The van der Waals surface area contributed by atoms with Crippen LogP contribution in [0.5, 0.6) is 0 Å². The molecule has 1 aromatic heterocycles. The maximum absolute atomic E-state index is 6.04. The summed E-state index contributed by atoms with van der Waals surface area (Å²) in [5, 5.41) is 5.31. The maximum Gasteiger partial charge on any atom is 0.0659 e. The van der Waals surface area contributed by atoms with E-state index in [9.17, 15) is 0 Å². The molecule has 0 aliphatic carbocycles. The summed E-state index contributed by atoms with van der Waals surface area (Å²) in [7, 11) is 0. The fourth-order valence-corrected chi connectivity index (χ4v) is 2.52. The molecule has 1 atom stereocenters. The lowest BCUT2D eigenvalue weighted by Crippen LogP contribution is -2.07. The predicted octanol–water partition coefficient (Wildman–Crippen LogP) is 2.90. The number of nitrogens with one attached hydrogen (secondary N) is 2. The Kier molecular flexibility index (Phi) is 2.19. The zero-order valence-electron chi connectivity index (χ0n) is 8.39. The standard InChI is InChI=1S/C12H13ClN2/c13-11-7-15-12-5-8(1-2-10(11)12)9-3-4-14-6-9/h1-2,5,7,9,14-15H,3-4,6H2. The van der Waals surface area contributed by atoms with Crippen LogP contribution in [0.25, 0.3) is 10.9 Å². The number of halogens is 1. The van der Waals surface area contributed by atoms with Crippen LogP contribution < -0.4 is 5.32 Å². The number of aromatic nitrogens is 1. The van der Waals surface area contributed by atoms with Crippen LogP contribution in [-0.4, -0.2) is 18.1 Å². The van der Waals surface area contributed by atoms with E-state index in [2.05, 4.69) is 28.5 Å². The number of hydrogen-bond acceptors (Lipinski definition) is 1. The molecule has 0 saturated carbocycles. The molecule has 1 aromatic carbocycles. The van der Waals surface area contributed by atoms with Gasteiger partial charge in [0, 0.05) is 23.6 Å².